The third-order valence-corrected chi connectivity index (χ3v) is 5.91. The van der Waals surface area contributed by atoms with Gasteiger partial charge in [0, 0.05) is 18.9 Å². The van der Waals surface area contributed by atoms with E-state index < -0.39 is 0 Å². The topological polar surface area (TPSA) is 37.3 Å². The van der Waals surface area contributed by atoms with Gasteiger partial charge in [-0.25, -0.2) is 4.39 Å². The van der Waals surface area contributed by atoms with E-state index in [0.717, 1.165) is 22.3 Å². The van der Waals surface area contributed by atoms with E-state index in [1.807, 2.05) is 39.0 Å². The summed E-state index contributed by atoms with van der Waals surface area (Å²) in [6.07, 6.45) is 0.644. The van der Waals surface area contributed by atoms with Crippen LogP contribution in [0, 0.1) is 24.6 Å². The Balaban J connectivity index is 2.30. The molecule has 2 atom stereocenters. The van der Waals surface area contributed by atoms with Crippen LogP contribution >= 0.6 is 0 Å². The third-order valence-electron chi connectivity index (χ3n) is 5.91. The minimum atomic E-state index is -0.378. The second kappa shape index (κ2) is 9.98. The van der Waals surface area contributed by atoms with Gasteiger partial charge in [0.1, 0.15) is 11.6 Å². The summed E-state index contributed by atoms with van der Waals surface area (Å²) in [5.41, 5.74) is 5.65. The highest BCUT2D eigenvalue weighted by Gasteiger charge is 2.27. The molecule has 0 aliphatic rings. The van der Waals surface area contributed by atoms with Crippen LogP contribution < -0.4 is 0 Å². The zero-order valence-electron chi connectivity index (χ0n) is 18.3. The quantitative estimate of drug-likeness (QED) is 0.574. The molecular weight excluding hydrogens is 363 g/mol. The molecule has 29 heavy (non-hydrogen) atoms. The highest BCUT2D eigenvalue weighted by atomic mass is 19.1. The molecule has 0 saturated carbocycles. The molecule has 0 aromatic heterocycles. The van der Waals surface area contributed by atoms with Crippen molar-refractivity contribution in [3.8, 4) is 0 Å². The number of carbonyl (C=O) groups is 1. The molecule has 0 spiro atoms. The van der Waals surface area contributed by atoms with Crippen molar-refractivity contribution in [2.75, 3.05) is 6.61 Å². The number of rotatable bonds is 9. The van der Waals surface area contributed by atoms with Crippen LogP contribution in [0.25, 0.3) is 5.57 Å². The zero-order chi connectivity index (χ0) is 21.7. The molecule has 3 heteroatoms. The molecule has 2 aromatic carbocycles. The molecule has 156 valence electrons. The van der Waals surface area contributed by atoms with Crippen LogP contribution in [0.1, 0.15) is 61.4 Å². The lowest BCUT2D eigenvalue weighted by Gasteiger charge is -2.25. The van der Waals surface area contributed by atoms with Crippen molar-refractivity contribution < 1.29 is 14.3 Å². The highest BCUT2D eigenvalue weighted by Crippen LogP contribution is 2.31. The Kier molecular flexibility index (Phi) is 7.92. The molecule has 2 nitrogen and oxygen atoms in total. The first-order valence-electron chi connectivity index (χ1n) is 10.3. The lowest BCUT2D eigenvalue weighted by Crippen LogP contribution is -2.28. The minimum Gasteiger partial charge on any atom is -0.396 e. The van der Waals surface area contributed by atoms with Gasteiger partial charge in [0.05, 0.1) is 0 Å². The summed E-state index contributed by atoms with van der Waals surface area (Å²) in [6.45, 7) is 13.9. The van der Waals surface area contributed by atoms with Gasteiger partial charge in [0.2, 0.25) is 0 Å². The summed E-state index contributed by atoms with van der Waals surface area (Å²) in [6, 6.07) is 11.1. The lowest BCUT2D eigenvalue weighted by molar-refractivity contribution is -0.123. The third kappa shape index (κ3) is 5.42. The number of carbonyl (C=O) groups excluding carboxylic acids is 1. The molecule has 0 heterocycles. The van der Waals surface area contributed by atoms with Crippen molar-refractivity contribution in [1.29, 1.82) is 0 Å². The Morgan fingerprint density at radius 1 is 1.10 bits per heavy atom. The van der Waals surface area contributed by atoms with Crippen molar-refractivity contribution in [3.63, 3.8) is 0 Å². The molecule has 0 bridgehead atoms. The van der Waals surface area contributed by atoms with Crippen LogP contribution in [0.15, 0.2) is 43.0 Å². The maximum atomic E-state index is 14.2. The molecule has 0 radical (unpaired) electrons. The molecule has 1 unspecified atom stereocenters. The molecular formula is C26H33FO2. The average Bonchev–Trinajstić information content (AvgIpc) is 2.67. The van der Waals surface area contributed by atoms with Crippen LogP contribution in [0.3, 0.4) is 0 Å². The van der Waals surface area contributed by atoms with E-state index in [2.05, 4.69) is 26.5 Å². The molecule has 0 saturated heterocycles. The maximum absolute atomic E-state index is 14.2. The Morgan fingerprint density at radius 2 is 1.76 bits per heavy atom. The van der Waals surface area contributed by atoms with Gasteiger partial charge >= 0.3 is 0 Å². The van der Waals surface area contributed by atoms with Gasteiger partial charge in [-0.15, -0.1) is 0 Å². The number of aliphatic hydroxyl groups excluding tert-OH is 1. The van der Waals surface area contributed by atoms with Crippen molar-refractivity contribution in [3.05, 3.63) is 76.6 Å². The fourth-order valence-electron chi connectivity index (χ4n) is 3.92. The summed E-state index contributed by atoms with van der Waals surface area (Å²) in [7, 11) is 0. The minimum absolute atomic E-state index is 0.0452. The highest BCUT2D eigenvalue weighted by molar-refractivity contribution is 5.83. The van der Waals surface area contributed by atoms with Gasteiger partial charge in [-0.3, -0.25) is 4.79 Å². The summed E-state index contributed by atoms with van der Waals surface area (Å²) in [5, 5.41) is 10.1. The van der Waals surface area contributed by atoms with E-state index in [1.54, 1.807) is 6.07 Å². The van der Waals surface area contributed by atoms with Gasteiger partial charge in [0.15, 0.2) is 0 Å². The van der Waals surface area contributed by atoms with Crippen molar-refractivity contribution in [2.24, 2.45) is 11.8 Å². The second-order valence-electron chi connectivity index (χ2n) is 8.42. The molecule has 2 rings (SSSR count). The van der Waals surface area contributed by atoms with Gasteiger partial charge < -0.3 is 5.11 Å². The lowest BCUT2D eigenvalue weighted by atomic mass is 9.79. The number of hydrogen-bond acceptors (Lipinski definition) is 2. The van der Waals surface area contributed by atoms with E-state index >= 15 is 0 Å². The van der Waals surface area contributed by atoms with E-state index in [-0.39, 0.29) is 36.5 Å². The number of aryl methyl sites for hydroxylation is 1. The maximum Gasteiger partial charge on any atom is 0.140 e. The molecule has 2 aromatic rings. The van der Waals surface area contributed by atoms with E-state index in [4.69, 9.17) is 0 Å². The first-order chi connectivity index (χ1) is 13.7. The Labute approximate surface area is 174 Å². The molecule has 0 fully saturated rings. The van der Waals surface area contributed by atoms with Gasteiger partial charge in [-0.1, -0.05) is 63.3 Å². The molecule has 0 amide bonds. The normalized spacial score (nSPS) is 13.4. The van der Waals surface area contributed by atoms with Gasteiger partial charge in [0.25, 0.3) is 0 Å². The predicted molar refractivity (Wildman–Crippen MR) is 119 cm³/mol. The first-order valence-corrected chi connectivity index (χ1v) is 10.3. The van der Waals surface area contributed by atoms with Crippen molar-refractivity contribution >= 4 is 11.4 Å². The Bertz CT molecular complexity index is 862. The predicted octanol–water partition coefficient (Wildman–Crippen LogP) is 5.89. The van der Waals surface area contributed by atoms with E-state index in [0.29, 0.717) is 17.9 Å². The number of allylic oxidation sites excluding steroid dienone is 1. The Hall–Kier alpha value is -2.26. The van der Waals surface area contributed by atoms with Crippen LogP contribution in [0.2, 0.25) is 0 Å². The Morgan fingerprint density at radius 3 is 2.31 bits per heavy atom. The van der Waals surface area contributed by atoms with E-state index in [9.17, 15) is 14.3 Å². The number of ketones is 1. The molecule has 0 aliphatic carbocycles. The van der Waals surface area contributed by atoms with Crippen LogP contribution in [-0.4, -0.2) is 17.5 Å². The fraction of sp³-hybridized carbons (Fsp3) is 0.423. The van der Waals surface area contributed by atoms with Crippen molar-refractivity contribution in [1.82, 2.24) is 0 Å². The number of hydrogen-bond donors (Lipinski definition) is 1. The number of halogens is 1. The number of Topliss-reactive ketones (excluding diaryl/α,β-unsaturated/α-hetero) is 1. The summed E-state index contributed by atoms with van der Waals surface area (Å²) in [5.74, 6) is -0.669. The average molecular weight is 397 g/mol. The van der Waals surface area contributed by atoms with Crippen LogP contribution in [0.5, 0.6) is 0 Å². The summed E-state index contributed by atoms with van der Waals surface area (Å²) >= 11 is 0. The van der Waals surface area contributed by atoms with E-state index in [1.165, 1.54) is 11.6 Å². The first kappa shape index (κ1) is 23.0. The smallest absolute Gasteiger partial charge is 0.140 e. The summed E-state index contributed by atoms with van der Waals surface area (Å²) < 4.78 is 14.2. The van der Waals surface area contributed by atoms with Gasteiger partial charge in [-0.05, 0) is 66.0 Å². The molecule has 0 aliphatic heterocycles. The standard InChI is InChI=1S/C26H33FO2/c1-16(2)21-10-8-11-22(17(3)4)24(21)13-20(15-28)19(6)26(29)14-23-18(5)9-7-12-25(23)27/h7-12,17,19-20,28H,1,13-15H2,2-6H3/t19?,20-/m1/s1. The van der Waals surface area contributed by atoms with Gasteiger partial charge in [-0.2, -0.15) is 0 Å². The second-order valence-corrected chi connectivity index (χ2v) is 8.42. The molecule has 1 N–H and O–H groups in total. The number of benzene rings is 2. The summed E-state index contributed by atoms with van der Waals surface area (Å²) in [4.78, 5) is 12.9. The fourth-order valence-corrected chi connectivity index (χ4v) is 3.92. The monoisotopic (exact) mass is 396 g/mol. The van der Waals surface area contributed by atoms with Crippen LogP contribution in [0.4, 0.5) is 4.39 Å². The van der Waals surface area contributed by atoms with Crippen molar-refractivity contribution in [2.45, 2.75) is 53.4 Å². The zero-order valence-corrected chi connectivity index (χ0v) is 18.3. The van der Waals surface area contributed by atoms with Crippen LogP contribution in [-0.2, 0) is 17.6 Å². The largest absolute Gasteiger partial charge is 0.396 e. The number of aliphatic hydroxyl groups is 1. The SMILES string of the molecule is C=C(C)c1cccc(C(C)C)c1C[C@H](CO)C(C)C(=O)Cc1c(C)cccc1F.